The zero-order valence-corrected chi connectivity index (χ0v) is 19.5. The van der Waals surface area contributed by atoms with Gasteiger partial charge in [0, 0.05) is 12.2 Å². The molecule has 5 rings (SSSR count). The summed E-state index contributed by atoms with van der Waals surface area (Å²) >= 11 is 0. The molecule has 0 radical (unpaired) electrons. The number of rotatable bonds is 8. The molecule has 1 heterocycles. The molecular formula is C24H36N4O4. The van der Waals surface area contributed by atoms with Crippen molar-refractivity contribution in [2.45, 2.75) is 71.4 Å². The van der Waals surface area contributed by atoms with Gasteiger partial charge in [-0.05, 0) is 69.6 Å². The molecule has 0 spiro atoms. The number of nitrogens with one attached hydrogen (secondary N) is 1. The van der Waals surface area contributed by atoms with Crippen LogP contribution in [0.1, 0.15) is 70.2 Å². The van der Waals surface area contributed by atoms with Gasteiger partial charge in [0.25, 0.3) is 5.91 Å². The van der Waals surface area contributed by atoms with Crippen molar-refractivity contribution < 1.29 is 19.4 Å². The molecular weight excluding hydrogens is 408 g/mol. The summed E-state index contributed by atoms with van der Waals surface area (Å²) in [6.07, 6.45) is 9.39. The molecule has 32 heavy (non-hydrogen) atoms. The third kappa shape index (κ3) is 4.42. The SMILES string of the molecule is CC(C)COc1c(C(=O)N[C@H]2C3CC4CC2C[C@](O)(C4)C3)cnn1/C=C/C(C)(C)C(N)=O. The molecule has 4 N–H and O–H groups in total. The van der Waals surface area contributed by atoms with Crippen LogP contribution in [0.2, 0.25) is 0 Å². The van der Waals surface area contributed by atoms with Crippen molar-refractivity contribution in [1.82, 2.24) is 15.1 Å². The first-order valence-electron chi connectivity index (χ1n) is 11.7. The van der Waals surface area contributed by atoms with Gasteiger partial charge in [-0.3, -0.25) is 9.59 Å². The van der Waals surface area contributed by atoms with Gasteiger partial charge in [-0.1, -0.05) is 19.9 Å². The standard InChI is InChI=1S/C24H36N4O4/c1-14(2)13-32-21-18(12-26-28(21)6-5-23(3,4)22(25)30)20(29)27-19-16-7-15-8-17(19)11-24(31,9-15)10-16/h5-6,12,14-17,19,31H,7-11,13H2,1-4H3,(H2,25,30)(H,27,29)/b6-5+/t15?,16?,17?,19-,24-. The number of carbonyl (C=O) groups is 2. The van der Waals surface area contributed by atoms with Gasteiger partial charge in [-0.25, -0.2) is 4.68 Å². The summed E-state index contributed by atoms with van der Waals surface area (Å²) in [7, 11) is 0. The summed E-state index contributed by atoms with van der Waals surface area (Å²) in [5.41, 5.74) is 4.44. The fourth-order valence-corrected chi connectivity index (χ4v) is 5.79. The van der Waals surface area contributed by atoms with Crippen LogP contribution in [0.15, 0.2) is 12.3 Å². The van der Waals surface area contributed by atoms with Gasteiger partial charge in [-0.15, -0.1) is 0 Å². The summed E-state index contributed by atoms with van der Waals surface area (Å²) < 4.78 is 7.46. The number of hydrogen-bond donors (Lipinski definition) is 3. The number of nitrogens with zero attached hydrogens (tertiary/aromatic N) is 2. The van der Waals surface area contributed by atoms with Crippen LogP contribution in [0.25, 0.3) is 6.20 Å². The molecule has 4 saturated carbocycles. The molecule has 2 unspecified atom stereocenters. The molecule has 0 aromatic carbocycles. The average molecular weight is 445 g/mol. The molecule has 1 aromatic heterocycles. The van der Waals surface area contributed by atoms with Crippen molar-refractivity contribution in [3.8, 4) is 5.88 Å². The lowest BCUT2D eigenvalue weighted by Crippen LogP contribution is -2.61. The van der Waals surface area contributed by atoms with Crippen molar-refractivity contribution in [2.75, 3.05) is 6.61 Å². The lowest BCUT2D eigenvalue weighted by atomic mass is 9.52. The molecule has 8 heteroatoms. The predicted octanol–water partition coefficient (Wildman–Crippen LogP) is 2.57. The third-order valence-electron chi connectivity index (χ3n) is 7.35. The first-order chi connectivity index (χ1) is 15.0. The van der Waals surface area contributed by atoms with Crippen LogP contribution in [-0.4, -0.2) is 45.0 Å². The van der Waals surface area contributed by atoms with E-state index in [1.165, 1.54) is 10.9 Å². The molecule has 4 aliphatic rings. The third-order valence-corrected chi connectivity index (χ3v) is 7.35. The fraction of sp³-hybridized carbons (Fsp3) is 0.708. The second kappa shape index (κ2) is 8.21. The van der Waals surface area contributed by atoms with E-state index in [0.29, 0.717) is 35.8 Å². The van der Waals surface area contributed by atoms with E-state index in [9.17, 15) is 14.7 Å². The Morgan fingerprint density at radius 1 is 1.34 bits per heavy atom. The van der Waals surface area contributed by atoms with E-state index in [1.807, 2.05) is 13.8 Å². The highest BCUT2D eigenvalue weighted by atomic mass is 16.5. The number of aromatic nitrogens is 2. The van der Waals surface area contributed by atoms with Crippen LogP contribution in [0, 0.1) is 29.1 Å². The Hall–Kier alpha value is -2.35. The first-order valence-corrected chi connectivity index (χ1v) is 11.7. The Morgan fingerprint density at radius 3 is 2.56 bits per heavy atom. The zero-order valence-electron chi connectivity index (χ0n) is 19.5. The van der Waals surface area contributed by atoms with Gasteiger partial charge < -0.3 is 20.9 Å². The monoisotopic (exact) mass is 444 g/mol. The molecule has 4 aliphatic carbocycles. The summed E-state index contributed by atoms with van der Waals surface area (Å²) in [6, 6.07) is 0.0740. The zero-order chi connectivity index (χ0) is 23.3. The summed E-state index contributed by atoms with van der Waals surface area (Å²) in [5.74, 6) is 1.19. The van der Waals surface area contributed by atoms with E-state index in [0.717, 1.165) is 32.1 Å². The summed E-state index contributed by atoms with van der Waals surface area (Å²) in [5, 5.41) is 18.4. The van der Waals surface area contributed by atoms with E-state index in [4.69, 9.17) is 10.5 Å². The lowest BCUT2D eigenvalue weighted by Gasteiger charge is -2.58. The first kappa shape index (κ1) is 22.8. The maximum Gasteiger partial charge on any atom is 0.258 e. The fourth-order valence-electron chi connectivity index (χ4n) is 5.79. The number of primary amides is 1. The van der Waals surface area contributed by atoms with Crippen molar-refractivity contribution >= 4 is 18.0 Å². The second-order valence-electron chi connectivity index (χ2n) is 11.1. The molecule has 8 nitrogen and oxygen atoms in total. The van der Waals surface area contributed by atoms with Crippen LogP contribution < -0.4 is 15.8 Å². The van der Waals surface area contributed by atoms with Crippen LogP contribution in [0.4, 0.5) is 0 Å². The van der Waals surface area contributed by atoms with E-state index < -0.39 is 16.9 Å². The number of ether oxygens (including phenoxy) is 1. The van der Waals surface area contributed by atoms with E-state index in [1.54, 1.807) is 26.1 Å². The van der Waals surface area contributed by atoms with Gasteiger partial charge in [0.05, 0.1) is 23.8 Å². The number of nitrogens with two attached hydrogens (primary N) is 1. The highest BCUT2D eigenvalue weighted by Crippen LogP contribution is 2.55. The van der Waals surface area contributed by atoms with Crippen molar-refractivity contribution in [3.63, 3.8) is 0 Å². The Morgan fingerprint density at radius 2 is 2.00 bits per heavy atom. The van der Waals surface area contributed by atoms with Crippen LogP contribution in [0.3, 0.4) is 0 Å². The minimum Gasteiger partial charge on any atom is -0.477 e. The second-order valence-corrected chi connectivity index (χ2v) is 11.1. The average Bonchev–Trinajstić information content (AvgIpc) is 3.09. The van der Waals surface area contributed by atoms with Gasteiger partial charge in [0.15, 0.2) is 0 Å². The maximum atomic E-state index is 13.3. The molecule has 4 bridgehead atoms. The largest absolute Gasteiger partial charge is 0.477 e. The van der Waals surface area contributed by atoms with Gasteiger partial charge in [-0.2, -0.15) is 5.10 Å². The molecule has 0 aliphatic heterocycles. The minimum absolute atomic E-state index is 0.0740. The summed E-state index contributed by atoms with van der Waals surface area (Å²) in [6.45, 7) is 7.94. The van der Waals surface area contributed by atoms with E-state index in [-0.39, 0.29) is 17.9 Å². The molecule has 2 amide bonds. The lowest BCUT2D eigenvalue weighted by molar-refractivity contribution is -0.137. The normalized spacial score (nSPS) is 31.4. The number of carbonyl (C=O) groups excluding carboxylic acids is 2. The highest BCUT2D eigenvalue weighted by molar-refractivity contribution is 5.96. The highest BCUT2D eigenvalue weighted by Gasteiger charge is 2.55. The van der Waals surface area contributed by atoms with E-state index in [2.05, 4.69) is 10.4 Å². The van der Waals surface area contributed by atoms with Crippen LogP contribution in [-0.2, 0) is 4.79 Å². The maximum absolute atomic E-state index is 13.3. The predicted molar refractivity (Wildman–Crippen MR) is 121 cm³/mol. The van der Waals surface area contributed by atoms with Gasteiger partial charge >= 0.3 is 0 Å². The van der Waals surface area contributed by atoms with Gasteiger partial charge in [0.2, 0.25) is 11.8 Å². The van der Waals surface area contributed by atoms with Crippen molar-refractivity contribution in [3.05, 3.63) is 17.8 Å². The van der Waals surface area contributed by atoms with Crippen molar-refractivity contribution in [1.29, 1.82) is 0 Å². The van der Waals surface area contributed by atoms with Crippen LogP contribution >= 0.6 is 0 Å². The topological polar surface area (TPSA) is 119 Å². The van der Waals surface area contributed by atoms with Gasteiger partial charge in [0.1, 0.15) is 5.56 Å². The minimum atomic E-state index is -0.857. The molecule has 176 valence electrons. The number of amides is 2. The number of aliphatic hydroxyl groups is 1. The van der Waals surface area contributed by atoms with Crippen molar-refractivity contribution in [2.24, 2.45) is 34.8 Å². The Bertz CT molecular complexity index is 903. The Labute approximate surface area is 189 Å². The van der Waals surface area contributed by atoms with Crippen LogP contribution in [0.5, 0.6) is 5.88 Å². The molecule has 0 saturated heterocycles. The molecule has 4 fully saturated rings. The van der Waals surface area contributed by atoms with E-state index >= 15 is 0 Å². The smallest absolute Gasteiger partial charge is 0.258 e. The number of hydrogen-bond acceptors (Lipinski definition) is 5. The Balaban J connectivity index is 1.54. The molecule has 1 aromatic rings. The molecule has 2 atom stereocenters. The quantitative estimate of drug-likeness (QED) is 0.569. The summed E-state index contributed by atoms with van der Waals surface area (Å²) in [4.78, 5) is 24.9. The Kier molecular flexibility index (Phi) is 5.86.